The van der Waals surface area contributed by atoms with Crippen LogP contribution in [-0.2, 0) is 4.79 Å². The minimum Gasteiger partial charge on any atom is -0.345 e. The van der Waals surface area contributed by atoms with Crippen LogP contribution in [0.3, 0.4) is 0 Å². The maximum atomic E-state index is 11.5. The quantitative estimate of drug-likeness (QED) is 0.743. The number of nitriles is 1. The molecule has 0 spiro atoms. The Morgan fingerprint density at radius 3 is 2.93 bits per heavy atom. The van der Waals surface area contributed by atoms with E-state index in [-0.39, 0.29) is 17.9 Å². The van der Waals surface area contributed by atoms with E-state index in [9.17, 15) is 4.79 Å². The summed E-state index contributed by atoms with van der Waals surface area (Å²) in [6, 6.07) is 2.51. The molecule has 84 valence electrons. The summed E-state index contributed by atoms with van der Waals surface area (Å²) in [7, 11) is 1.79. The maximum absolute atomic E-state index is 11.5. The topological polar surface area (TPSA) is 56.1 Å². The molecule has 1 saturated carbocycles. The number of nitrogens with one attached hydrogen (secondary N) is 1. The van der Waals surface area contributed by atoms with E-state index < -0.39 is 0 Å². The lowest BCUT2D eigenvalue weighted by Gasteiger charge is -2.19. The van der Waals surface area contributed by atoms with E-state index in [1.165, 1.54) is 0 Å². The van der Waals surface area contributed by atoms with Crippen molar-refractivity contribution in [3.63, 3.8) is 0 Å². The zero-order valence-corrected chi connectivity index (χ0v) is 9.49. The number of carbonyl (C=O) groups excluding carboxylic acids is 1. The normalized spacial score (nSPS) is 24.9. The SMILES string of the molecule is CCN(C)C(=O)CNC1CCCC1C#N. The number of carbonyl (C=O) groups is 1. The molecule has 0 saturated heterocycles. The second-order valence-corrected chi connectivity index (χ2v) is 4.06. The summed E-state index contributed by atoms with van der Waals surface area (Å²) in [5.41, 5.74) is 0. The van der Waals surface area contributed by atoms with Gasteiger partial charge in [-0.15, -0.1) is 0 Å². The molecule has 2 atom stereocenters. The van der Waals surface area contributed by atoms with Gasteiger partial charge in [0.15, 0.2) is 0 Å². The molecule has 1 amide bonds. The number of amides is 1. The van der Waals surface area contributed by atoms with Crippen LogP contribution in [0, 0.1) is 17.2 Å². The fraction of sp³-hybridized carbons (Fsp3) is 0.818. The summed E-state index contributed by atoms with van der Waals surface area (Å²) in [4.78, 5) is 13.2. The molecular formula is C11H19N3O. The third kappa shape index (κ3) is 3.21. The van der Waals surface area contributed by atoms with E-state index in [0.717, 1.165) is 25.8 Å². The van der Waals surface area contributed by atoms with Crippen molar-refractivity contribution in [3.05, 3.63) is 0 Å². The highest BCUT2D eigenvalue weighted by Gasteiger charge is 2.27. The van der Waals surface area contributed by atoms with Gasteiger partial charge in [0.05, 0.1) is 18.5 Å². The summed E-state index contributed by atoms with van der Waals surface area (Å²) >= 11 is 0. The van der Waals surface area contributed by atoms with Crippen LogP contribution in [0.1, 0.15) is 26.2 Å². The van der Waals surface area contributed by atoms with E-state index in [1.807, 2.05) is 6.92 Å². The van der Waals surface area contributed by atoms with Crippen LogP contribution in [0.25, 0.3) is 0 Å². The van der Waals surface area contributed by atoms with E-state index in [2.05, 4.69) is 11.4 Å². The number of likely N-dealkylation sites (N-methyl/N-ethyl adjacent to an activating group) is 1. The number of hydrogen-bond acceptors (Lipinski definition) is 3. The first-order valence-corrected chi connectivity index (χ1v) is 5.56. The molecule has 4 heteroatoms. The maximum Gasteiger partial charge on any atom is 0.236 e. The molecule has 0 aliphatic heterocycles. The Morgan fingerprint density at radius 1 is 1.60 bits per heavy atom. The molecule has 1 N–H and O–H groups in total. The third-order valence-electron chi connectivity index (χ3n) is 3.10. The van der Waals surface area contributed by atoms with E-state index in [4.69, 9.17) is 5.26 Å². The molecule has 1 aliphatic carbocycles. The largest absolute Gasteiger partial charge is 0.345 e. The molecule has 0 aromatic rings. The summed E-state index contributed by atoms with van der Waals surface area (Å²) in [5, 5.41) is 12.1. The first kappa shape index (κ1) is 12.0. The summed E-state index contributed by atoms with van der Waals surface area (Å²) < 4.78 is 0. The van der Waals surface area contributed by atoms with Crippen LogP contribution in [0.4, 0.5) is 0 Å². The molecule has 0 bridgehead atoms. The molecule has 1 rings (SSSR count). The van der Waals surface area contributed by atoms with Crippen LogP contribution in [-0.4, -0.2) is 37.0 Å². The highest BCUT2D eigenvalue weighted by atomic mass is 16.2. The van der Waals surface area contributed by atoms with E-state index >= 15 is 0 Å². The molecule has 1 aliphatic rings. The van der Waals surface area contributed by atoms with Crippen LogP contribution < -0.4 is 5.32 Å². The van der Waals surface area contributed by atoms with Crippen molar-refractivity contribution in [2.24, 2.45) is 5.92 Å². The summed E-state index contributed by atoms with van der Waals surface area (Å²) in [6.45, 7) is 3.03. The van der Waals surface area contributed by atoms with Gasteiger partial charge in [0, 0.05) is 19.6 Å². The average Bonchev–Trinajstić information content (AvgIpc) is 2.71. The fourth-order valence-corrected chi connectivity index (χ4v) is 1.89. The third-order valence-corrected chi connectivity index (χ3v) is 3.10. The first-order chi connectivity index (χ1) is 7.19. The van der Waals surface area contributed by atoms with E-state index in [0.29, 0.717) is 6.54 Å². The van der Waals surface area contributed by atoms with Gasteiger partial charge in [-0.1, -0.05) is 6.42 Å². The standard InChI is InChI=1S/C11H19N3O/c1-3-14(2)11(15)8-13-10-6-4-5-9(10)7-12/h9-10,13H,3-6,8H2,1-2H3. The fourth-order valence-electron chi connectivity index (χ4n) is 1.89. The van der Waals surface area contributed by atoms with Crippen molar-refractivity contribution in [1.29, 1.82) is 5.26 Å². The van der Waals surface area contributed by atoms with E-state index in [1.54, 1.807) is 11.9 Å². The minimum absolute atomic E-state index is 0.0877. The Kier molecular flexibility index (Phi) is 4.57. The van der Waals surface area contributed by atoms with Gasteiger partial charge >= 0.3 is 0 Å². The average molecular weight is 209 g/mol. The van der Waals surface area contributed by atoms with Gasteiger partial charge in [0.1, 0.15) is 0 Å². The second kappa shape index (κ2) is 5.72. The zero-order valence-electron chi connectivity index (χ0n) is 9.49. The van der Waals surface area contributed by atoms with Crippen molar-refractivity contribution in [2.45, 2.75) is 32.2 Å². The lowest BCUT2D eigenvalue weighted by molar-refractivity contribution is -0.128. The van der Waals surface area contributed by atoms with Gasteiger partial charge in [-0.2, -0.15) is 5.26 Å². The van der Waals surface area contributed by atoms with Crippen LogP contribution in [0.15, 0.2) is 0 Å². The molecule has 0 aromatic carbocycles. The molecule has 4 nitrogen and oxygen atoms in total. The van der Waals surface area contributed by atoms with Crippen molar-refractivity contribution < 1.29 is 4.79 Å². The Bertz CT molecular complexity index is 259. The second-order valence-electron chi connectivity index (χ2n) is 4.06. The predicted octanol–water partition coefficient (Wildman–Crippen LogP) is 0.747. The Balaban J connectivity index is 2.31. The lowest BCUT2D eigenvalue weighted by Crippen LogP contribution is -2.41. The lowest BCUT2D eigenvalue weighted by atomic mass is 10.1. The predicted molar refractivity (Wildman–Crippen MR) is 58.1 cm³/mol. The zero-order chi connectivity index (χ0) is 11.3. The minimum atomic E-state index is 0.0877. The van der Waals surface area contributed by atoms with Crippen molar-refractivity contribution in [3.8, 4) is 6.07 Å². The molecule has 0 aromatic heterocycles. The molecular weight excluding hydrogens is 190 g/mol. The number of rotatable bonds is 4. The van der Waals surface area contributed by atoms with Gasteiger partial charge in [0.25, 0.3) is 0 Å². The van der Waals surface area contributed by atoms with Crippen LogP contribution in [0.5, 0.6) is 0 Å². The van der Waals surface area contributed by atoms with Gasteiger partial charge in [0.2, 0.25) is 5.91 Å². The smallest absolute Gasteiger partial charge is 0.236 e. The highest BCUT2D eigenvalue weighted by molar-refractivity contribution is 5.77. The van der Waals surface area contributed by atoms with Gasteiger partial charge in [-0.3, -0.25) is 4.79 Å². The van der Waals surface area contributed by atoms with Crippen LogP contribution in [0.2, 0.25) is 0 Å². The van der Waals surface area contributed by atoms with Gasteiger partial charge < -0.3 is 10.2 Å². The van der Waals surface area contributed by atoms with Crippen molar-refractivity contribution in [1.82, 2.24) is 10.2 Å². The Morgan fingerprint density at radius 2 is 2.33 bits per heavy atom. The van der Waals surface area contributed by atoms with Crippen LogP contribution >= 0.6 is 0 Å². The van der Waals surface area contributed by atoms with Gasteiger partial charge in [-0.25, -0.2) is 0 Å². The Hall–Kier alpha value is -1.08. The molecule has 15 heavy (non-hydrogen) atoms. The number of hydrogen-bond donors (Lipinski definition) is 1. The van der Waals surface area contributed by atoms with Crippen molar-refractivity contribution >= 4 is 5.91 Å². The van der Waals surface area contributed by atoms with Crippen molar-refractivity contribution in [2.75, 3.05) is 20.1 Å². The highest BCUT2D eigenvalue weighted by Crippen LogP contribution is 2.24. The van der Waals surface area contributed by atoms with Gasteiger partial charge in [-0.05, 0) is 19.8 Å². The first-order valence-electron chi connectivity index (χ1n) is 5.56. The molecule has 0 heterocycles. The molecule has 1 fully saturated rings. The molecule has 2 unspecified atom stereocenters. The summed E-state index contributed by atoms with van der Waals surface area (Å²) in [6.07, 6.45) is 3.07. The summed E-state index contributed by atoms with van der Waals surface area (Å²) in [5.74, 6) is 0.186. The Labute approximate surface area is 91.2 Å². The monoisotopic (exact) mass is 209 g/mol. The number of nitrogens with zero attached hydrogens (tertiary/aromatic N) is 2. The molecule has 0 radical (unpaired) electrons.